The number of halogens is 2. The van der Waals surface area contributed by atoms with E-state index in [9.17, 15) is 0 Å². The molecule has 3 nitrogen and oxygen atoms in total. The predicted octanol–water partition coefficient (Wildman–Crippen LogP) is 0.843. The standard InChI is InChI=1S/C11H12Cl2N2O/c1-7(11-14-5-6-15-11)16-10-8(12)3-2-4-9(10)13/h2-4,7H,5-6H2,1H3,(H,14,15)/p+1/t7-/m0/s1. The largest absolute Gasteiger partial charge is 0.475 e. The molecule has 0 saturated heterocycles. The van der Waals surface area contributed by atoms with E-state index in [1.54, 1.807) is 18.2 Å². The number of hydrogen-bond acceptors (Lipinski definition) is 2. The second kappa shape index (κ2) is 4.93. The lowest BCUT2D eigenvalue weighted by molar-refractivity contribution is -0.447. The van der Waals surface area contributed by atoms with Gasteiger partial charge in [-0.15, -0.1) is 0 Å². The Morgan fingerprint density at radius 3 is 2.62 bits per heavy atom. The Bertz CT molecular complexity index is 400. The molecule has 0 radical (unpaired) electrons. The molecule has 5 heteroatoms. The minimum Gasteiger partial charge on any atom is -0.475 e. The first-order valence-corrected chi connectivity index (χ1v) is 5.89. The van der Waals surface area contributed by atoms with Crippen LogP contribution in [0.3, 0.4) is 0 Å². The van der Waals surface area contributed by atoms with Crippen molar-refractivity contribution in [1.29, 1.82) is 0 Å². The Kier molecular flexibility index (Phi) is 3.56. The molecule has 1 aliphatic heterocycles. The molecule has 1 aromatic rings. The maximum absolute atomic E-state index is 6.02. The van der Waals surface area contributed by atoms with Crippen molar-refractivity contribution in [3.8, 4) is 5.75 Å². The molecule has 0 aromatic heterocycles. The van der Waals surface area contributed by atoms with E-state index in [-0.39, 0.29) is 6.10 Å². The summed E-state index contributed by atoms with van der Waals surface area (Å²) in [6.07, 6.45) is -0.111. The minimum atomic E-state index is -0.111. The van der Waals surface area contributed by atoms with Crippen LogP contribution < -0.4 is 15.0 Å². The molecule has 0 spiro atoms. The third-order valence-electron chi connectivity index (χ3n) is 2.38. The zero-order valence-electron chi connectivity index (χ0n) is 8.89. The average Bonchev–Trinajstić information content (AvgIpc) is 2.76. The van der Waals surface area contributed by atoms with Crippen LogP contribution >= 0.6 is 23.2 Å². The molecule has 86 valence electrons. The summed E-state index contributed by atoms with van der Waals surface area (Å²) in [7, 11) is 0. The second-order valence-corrected chi connectivity index (χ2v) is 4.39. The number of rotatable bonds is 3. The van der Waals surface area contributed by atoms with Crippen molar-refractivity contribution in [1.82, 2.24) is 5.32 Å². The first-order valence-electron chi connectivity index (χ1n) is 5.13. The third kappa shape index (κ3) is 2.42. The molecule has 1 aliphatic rings. The molecule has 0 unspecified atom stereocenters. The summed E-state index contributed by atoms with van der Waals surface area (Å²) < 4.78 is 5.73. The van der Waals surface area contributed by atoms with E-state index in [2.05, 4.69) is 10.3 Å². The van der Waals surface area contributed by atoms with Gasteiger partial charge < -0.3 is 4.74 Å². The van der Waals surface area contributed by atoms with Gasteiger partial charge in [0.15, 0.2) is 11.9 Å². The smallest absolute Gasteiger partial charge is 0.284 e. The van der Waals surface area contributed by atoms with Crippen LogP contribution in [-0.2, 0) is 0 Å². The molecule has 1 aromatic carbocycles. The van der Waals surface area contributed by atoms with Crippen molar-refractivity contribution in [2.75, 3.05) is 13.1 Å². The van der Waals surface area contributed by atoms with Crippen LogP contribution in [0.2, 0.25) is 10.0 Å². The van der Waals surface area contributed by atoms with Gasteiger partial charge in [0.1, 0.15) is 13.1 Å². The lowest BCUT2D eigenvalue weighted by atomic mass is 10.3. The van der Waals surface area contributed by atoms with E-state index >= 15 is 0 Å². The quantitative estimate of drug-likeness (QED) is 0.844. The molecule has 2 N–H and O–H groups in total. The van der Waals surface area contributed by atoms with Crippen molar-refractivity contribution < 1.29 is 9.73 Å². The van der Waals surface area contributed by atoms with Gasteiger partial charge in [0.2, 0.25) is 0 Å². The molecule has 16 heavy (non-hydrogen) atoms. The van der Waals surface area contributed by atoms with Gasteiger partial charge in [0, 0.05) is 0 Å². The van der Waals surface area contributed by atoms with Crippen LogP contribution in [0.4, 0.5) is 0 Å². The number of hydrogen-bond donors (Lipinski definition) is 2. The Balaban J connectivity index is 2.14. The second-order valence-electron chi connectivity index (χ2n) is 3.58. The summed E-state index contributed by atoms with van der Waals surface area (Å²) >= 11 is 12.0. The predicted molar refractivity (Wildman–Crippen MR) is 65.4 cm³/mol. The number of para-hydroxylation sites is 1. The van der Waals surface area contributed by atoms with Gasteiger partial charge in [-0.3, -0.25) is 10.3 Å². The normalized spacial score (nSPS) is 16.6. The molecule has 0 bridgehead atoms. The molecule has 0 saturated carbocycles. The highest BCUT2D eigenvalue weighted by Gasteiger charge is 2.23. The van der Waals surface area contributed by atoms with Gasteiger partial charge in [-0.05, 0) is 19.1 Å². The average molecular weight is 260 g/mol. The van der Waals surface area contributed by atoms with E-state index < -0.39 is 0 Å². The fraction of sp³-hybridized carbons (Fsp3) is 0.364. The minimum absolute atomic E-state index is 0.111. The third-order valence-corrected chi connectivity index (χ3v) is 2.97. The van der Waals surface area contributed by atoms with Gasteiger partial charge in [0.05, 0.1) is 10.0 Å². The molecule has 0 aliphatic carbocycles. The zero-order chi connectivity index (χ0) is 11.5. The molecule has 1 heterocycles. The first-order chi connectivity index (χ1) is 7.68. The van der Waals surface area contributed by atoms with E-state index in [0.29, 0.717) is 15.8 Å². The summed E-state index contributed by atoms with van der Waals surface area (Å²) in [6.45, 7) is 3.78. The van der Waals surface area contributed by atoms with Crippen molar-refractivity contribution in [3.63, 3.8) is 0 Å². The fourth-order valence-electron chi connectivity index (χ4n) is 1.58. The number of benzene rings is 1. The van der Waals surface area contributed by atoms with Crippen LogP contribution in [0, 0.1) is 0 Å². The topological polar surface area (TPSA) is 35.2 Å². The fourth-order valence-corrected chi connectivity index (χ4v) is 2.06. The van der Waals surface area contributed by atoms with Crippen LogP contribution in [-0.4, -0.2) is 25.0 Å². The summed E-state index contributed by atoms with van der Waals surface area (Å²) in [6, 6.07) is 5.31. The molecular formula is C11H13Cl2N2O+. The highest BCUT2D eigenvalue weighted by Crippen LogP contribution is 2.32. The van der Waals surface area contributed by atoms with Crippen molar-refractivity contribution in [2.24, 2.45) is 0 Å². The van der Waals surface area contributed by atoms with Crippen molar-refractivity contribution in [2.45, 2.75) is 13.0 Å². The Labute approximate surface area is 104 Å². The van der Waals surface area contributed by atoms with E-state index in [1.165, 1.54) is 0 Å². The van der Waals surface area contributed by atoms with E-state index in [4.69, 9.17) is 27.9 Å². The summed E-state index contributed by atoms with van der Waals surface area (Å²) in [5.41, 5.74) is 0. The van der Waals surface area contributed by atoms with E-state index in [1.807, 2.05) is 6.92 Å². The van der Waals surface area contributed by atoms with Gasteiger partial charge in [-0.1, -0.05) is 29.3 Å². The maximum atomic E-state index is 6.02. The Morgan fingerprint density at radius 2 is 2.06 bits per heavy atom. The number of ether oxygens (including phenoxy) is 1. The molecule has 1 atom stereocenters. The molecule has 0 fully saturated rings. The van der Waals surface area contributed by atoms with Crippen molar-refractivity contribution in [3.05, 3.63) is 28.2 Å². The lowest BCUT2D eigenvalue weighted by Gasteiger charge is -2.13. The van der Waals surface area contributed by atoms with Gasteiger partial charge in [-0.25, -0.2) is 0 Å². The zero-order valence-corrected chi connectivity index (χ0v) is 10.4. The lowest BCUT2D eigenvalue weighted by Crippen LogP contribution is -2.73. The summed E-state index contributed by atoms with van der Waals surface area (Å²) in [5.74, 6) is 1.50. The Morgan fingerprint density at radius 1 is 1.38 bits per heavy atom. The molecular weight excluding hydrogens is 247 g/mol. The highest BCUT2D eigenvalue weighted by atomic mass is 35.5. The van der Waals surface area contributed by atoms with Crippen molar-refractivity contribution >= 4 is 29.0 Å². The molecule has 0 amide bonds. The Hall–Kier alpha value is -0.930. The van der Waals surface area contributed by atoms with Crippen LogP contribution in [0.5, 0.6) is 5.75 Å². The SMILES string of the molecule is C[C@H](Oc1c(Cl)cccc1Cl)C1=[NH+]CCN1. The summed E-state index contributed by atoms with van der Waals surface area (Å²) in [5, 5.41) is 4.26. The highest BCUT2D eigenvalue weighted by molar-refractivity contribution is 6.37. The molecule has 2 rings (SSSR count). The van der Waals surface area contributed by atoms with Crippen LogP contribution in [0.25, 0.3) is 0 Å². The van der Waals surface area contributed by atoms with Gasteiger partial charge in [0.25, 0.3) is 5.84 Å². The number of nitrogens with one attached hydrogen (secondary N) is 2. The number of amidine groups is 1. The van der Waals surface area contributed by atoms with Crippen LogP contribution in [0.1, 0.15) is 6.92 Å². The van der Waals surface area contributed by atoms with Crippen LogP contribution in [0.15, 0.2) is 18.2 Å². The van der Waals surface area contributed by atoms with Gasteiger partial charge >= 0.3 is 0 Å². The monoisotopic (exact) mass is 259 g/mol. The first kappa shape index (κ1) is 11.6. The van der Waals surface area contributed by atoms with E-state index in [0.717, 1.165) is 18.9 Å². The maximum Gasteiger partial charge on any atom is 0.284 e. The summed E-state index contributed by atoms with van der Waals surface area (Å²) in [4.78, 5) is 3.21. The van der Waals surface area contributed by atoms with Gasteiger partial charge in [-0.2, -0.15) is 0 Å².